The van der Waals surface area contributed by atoms with Crippen molar-refractivity contribution >= 4 is 5.91 Å². The summed E-state index contributed by atoms with van der Waals surface area (Å²) >= 11 is 0. The number of likely N-dealkylation sites (tertiary alicyclic amines) is 1. The van der Waals surface area contributed by atoms with E-state index >= 15 is 0 Å². The Bertz CT molecular complexity index is 531. The zero-order valence-electron chi connectivity index (χ0n) is 14.7. The van der Waals surface area contributed by atoms with Crippen LogP contribution in [0.15, 0.2) is 24.3 Å². The SMILES string of the molecule is COc1ccccc1COC1CCN(C(=O)CC2CCCC2)CC1. The van der Waals surface area contributed by atoms with Gasteiger partial charge in [0.15, 0.2) is 0 Å². The van der Waals surface area contributed by atoms with Crippen molar-refractivity contribution in [3.05, 3.63) is 29.8 Å². The second-order valence-electron chi connectivity index (χ2n) is 7.06. The number of ether oxygens (including phenoxy) is 2. The molecule has 1 aliphatic carbocycles. The molecule has 1 aromatic rings. The molecule has 2 aliphatic rings. The van der Waals surface area contributed by atoms with Crippen molar-refractivity contribution in [2.45, 2.75) is 57.7 Å². The summed E-state index contributed by atoms with van der Waals surface area (Å²) in [4.78, 5) is 14.4. The van der Waals surface area contributed by atoms with E-state index in [1.54, 1.807) is 7.11 Å². The van der Waals surface area contributed by atoms with E-state index in [-0.39, 0.29) is 6.10 Å². The van der Waals surface area contributed by atoms with Gasteiger partial charge in [-0.3, -0.25) is 4.79 Å². The van der Waals surface area contributed by atoms with Crippen molar-refractivity contribution < 1.29 is 14.3 Å². The fourth-order valence-electron chi connectivity index (χ4n) is 3.89. The Hall–Kier alpha value is -1.55. The molecule has 1 saturated heterocycles. The van der Waals surface area contributed by atoms with Crippen LogP contribution >= 0.6 is 0 Å². The minimum Gasteiger partial charge on any atom is -0.496 e. The lowest BCUT2D eigenvalue weighted by Crippen LogP contribution is -2.41. The first-order valence-corrected chi connectivity index (χ1v) is 9.27. The molecule has 0 radical (unpaired) electrons. The highest BCUT2D eigenvalue weighted by Gasteiger charge is 2.26. The topological polar surface area (TPSA) is 38.8 Å². The van der Waals surface area contributed by atoms with Gasteiger partial charge < -0.3 is 14.4 Å². The van der Waals surface area contributed by atoms with Gasteiger partial charge in [0.05, 0.1) is 19.8 Å². The molecule has 24 heavy (non-hydrogen) atoms. The van der Waals surface area contributed by atoms with Crippen LogP contribution in [-0.4, -0.2) is 37.1 Å². The zero-order chi connectivity index (χ0) is 16.8. The highest BCUT2D eigenvalue weighted by Crippen LogP contribution is 2.29. The maximum atomic E-state index is 12.4. The summed E-state index contributed by atoms with van der Waals surface area (Å²) in [6, 6.07) is 7.98. The molecule has 0 aromatic heterocycles. The summed E-state index contributed by atoms with van der Waals surface area (Å²) in [5, 5.41) is 0. The summed E-state index contributed by atoms with van der Waals surface area (Å²) < 4.78 is 11.4. The van der Waals surface area contributed by atoms with Crippen LogP contribution in [0.1, 0.15) is 50.5 Å². The standard InChI is InChI=1S/C20H29NO3/c1-23-19-9-5-4-8-17(19)15-24-18-10-12-21(13-11-18)20(22)14-16-6-2-3-7-16/h4-5,8-9,16,18H,2-3,6-7,10-15H2,1H3. The summed E-state index contributed by atoms with van der Waals surface area (Å²) in [6.07, 6.45) is 7.96. The van der Waals surface area contributed by atoms with Gasteiger partial charge in [-0.1, -0.05) is 31.0 Å². The average molecular weight is 331 g/mol. The molecule has 132 valence electrons. The van der Waals surface area contributed by atoms with Gasteiger partial charge in [-0.05, 0) is 37.7 Å². The van der Waals surface area contributed by atoms with Crippen LogP contribution in [0, 0.1) is 5.92 Å². The molecule has 0 N–H and O–H groups in total. The van der Waals surface area contributed by atoms with E-state index in [4.69, 9.17) is 9.47 Å². The molecule has 4 nitrogen and oxygen atoms in total. The van der Waals surface area contributed by atoms with Gasteiger partial charge in [0, 0.05) is 25.1 Å². The van der Waals surface area contributed by atoms with Crippen molar-refractivity contribution in [3.8, 4) is 5.75 Å². The molecule has 3 rings (SSSR count). The van der Waals surface area contributed by atoms with Gasteiger partial charge in [-0.2, -0.15) is 0 Å². The first-order chi connectivity index (χ1) is 11.8. The predicted molar refractivity (Wildman–Crippen MR) is 94.0 cm³/mol. The largest absolute Gasteiger partial charge is 0.496 e. The molecule has 1 aliphatic heterocycles. The first-order valence-electron chi connectivity index (χ1n) is 9.27. The third kappa shape index (κ3) is 4.50. The number of hydrogen-bond donors (Lipinski definition) is 0. The summed E-state index contributed by atoms with van der Waals surface area (Å²) in [7, 11) is 1.69. The Morgan fingerprint density at radius 3 is 2.54 bits per heavy atom. The van der Waals surface area contributed by atoms with Crippen LogP contribution in [0.4, 0.5) is 0 Å². The number of carbonyl (C=O) groups is 1. The number of amides is 1. The molecule has 0 unspecified atom stereocenters. The second-order valence-corrected chi connectivity index (χ2v) is 7.06. The van der Waals surface area contributed by atoms with E-state index in [1.807, 2.05) is 29.2 Å². The van der Waals surface area contributed by atoms with E-state index in [1.165, 1.54) is 25.7 Å². The minimum absolute atomic E-state index is 0.241. The monoisotopic (exact) mass is 331 g/mol. The van der Waals surface area contributed by atoms with Crippen LogP contribution in [0.3, 0.4) is 0 Å². The van der Waals surface area contributed by atoms with Gasteiger partial charge in [-0.15, -0.1) is 0 Å². The van der Waals surface area contributed by atoms with Crippen LogP contribution < -0.4 is 4.74 Å². The molecular weight excluding hydrogens is 302 g/mol. The van der Waals surface area contributed by atoms with Crippen molar-refractivity contribution in [2.75, 3.05) is 20.2 Å². The Morgan fingerprint density at radius 2 is 1.83 bits per heavy atom. The number of benzene rings is 1. The van der Waals surface area contributed by atoms with Crippen molar-refractivity contribution in [1.29, 1.82) is 0 Å². The molecule has 2 fully saturated rings. The van der Waals surface area contributed by atoms with E-state index in [0.717, 1.165) is 43.7 Å². The normalized spacial score (nSPS) is 19.6. The van der Waals surface area contributed by atoms with E-state index < -0.39 is 0 Å². The first kappa shape index (κ1) is 17.3. The smallest absolute Gasteiger partial charge is 0.222 e. The lowest BCUT2D eigenvalue weighted by molar-refractivity contribution is -0.135. The molecule has 1 heterocycles. The van der Waals surface area contributed by atoms with Crippen molar-refractivity contribution in [2.24, 2.45) is 5.92 Å². The van der Waals surface area contributed by atoms with Gasteiger partial charge in [0.2, 0.25) is 5.91 Å². The predicted octanol–water partition coefficient (Wildman–Crippen LogP) is 3.78. The van der Waals surface area contributed by atoms with Gasteiger partial charge in [-0.25, -0.2) is 0 Å². The number of carbonyl (C=O) groups excluding carboxylic acids is 1. The van der Waals surface area contributed by atoms with E-state index in [0.29, 0.717) is 18.4 Å². The minimum atomic E-state index is 0.241. The summed E-state index contributed by atoms with van der Waals surface area (Å²) in [6.45, 7) is 2.25. The Morgan fingerprint density at radius 1 is 1.12 bits per heavy atom. The fourth-order valence-corrected chi connectivity index (χ4v) is 3.89. The molecule has 0 atom stereocenters. The fraction of sp³-hybridized carbons (Fsp3) is 0.650. The second kappa shape index (κ2) is 8.52. The molecule has 1 saturated carbocycles. The molecule has 4 heteroatoms. The van der Waals surface area contributed by atoms with Gasteiger partial charge in [0.1, 0.15) is 5.75 Å². The number of para-hydroxylation sites is 1. The molecule has 0 spiro atoms. The van der Waals surface area contributed by atoms with Gasteiger partial charge in [0.25, 0.3) is 0 Å². The lowest BCUT2D eigenvalue weighted by atomic mass is 10.0. The van der Waals surface area contributed by atoms with E-state index in [2.05, 4.69) is 0 Å². The van der Waals surface area contributed by atoms with Gasteiger partial charge >= 0.3 is 0 Å². The molecule has 1 amide bonds. The third-order valence-corrected chi connectivity index (χ3v) is 5.40. The average Bonchev–Trinajstić information content (AvgIpc) is 3.13. The molecular formula is C20H29NO3. The third-order valence-electron chi connectivity index (χ3n) is 5.40. The maximum Gasteiger partial charge on any atom is 0.222 e. The van der Waals surface area contributed by atoms with Crippen molar-refractivity contribution in [1.82, 2.24) is 4.90 Å². The lowest BCUT2D eigenvalue weighted by Gasteiger charge is -2.32. The maximum absolute atomic E-state index is 12.4. The summed E-state index contributed by atoms with van der Waals surface area (Å²) in [5.74, 6) is 1.86. The van der Waals surface area contributed by atoms with Crippen LogP contribution in [0.5, 0.6) is 5.75 Å². The highest BCUT2D eigenvalue weighted by atomic mass is 16.5. The van der Waals surface area contributed by atoms with Crippen molar-refractivity contribution in [3.63, 3.8) is 0 Å². The highest BCUT2D eigenvalue weighted by molar-refractivity contribution is 5.76. The quantitative estimate of drug-likeness (QED) is 0.796. The zero-order valence-corrected chi connectivity index (χ0v) is 14.7. The Labute approximate surface area is 145 Å². The number of methoxy groups -OCH3 is 1. The van der Waals surface area contributed by atoms with E-state index in [9.17, 15) is 4.79 Å². The van der Waals surface area contributed by atoms with Crippen LogP contribution in [-0.2, 0) is 16.1 Å². The van der Waals surface area contributed by atoms with Crippen LogP contribution in [0.25, 0.3) is 0 Å². The number of nitrogens with zero attached hydrogens (tertiary/aromatic N) is 1. The Kier molecular flexibility index (Phi) is 6.13. The number of piperidine rings is 1. The molecule has 0 bridgehead atoms. The Balaban J connectivity index is 1.41. The summed E-state index contributed by atoms with van der Waals surface area (Å²) in [5.41, 5.74) is 1.08. The molecule has 1 aromatic carbocycles. The van der Waals surface area contributed by atoms with Crippen LogP contribution in [0.2, 0.25) is 0 Å². The number of hydrogen-bond acceptors (Lipinski definition) is 3. The number of rotatable bonds is 6.